The van der Waals surface area contributed by atoms with Gasteiger partial charge in [0.2, 0.25) is 5.91 Å². The van der Waals surface area contributed by atoms with Gasteiger partial charge in [0.25, 0.3) is 0 Å². The van der Waals surface area contributed by atoms with Crippen LogP contribution in [0, 0.1) is 5.92 Å². The second kappa shape index (κ2) is 19.5. The monoisotopic (exact) mass is 749 g/mol. The summed E-state index contributed by atoms with van der Waals surface area (Å²) in [4.78, 5) is 52.0. The smallest absolute Gasteiger partial charge is 0.407 e. The Morgan fingerprint density at radius 1 is 0.981 bits per heavy atom. The number of hydrogen-bond acceptors (Lipinski definition) is 10. The molecular weight excluding hydrogens is 699 g/mol. The molecule has 0 aliphatic rings. The summed E-state index contributed by atoms with van der Waals surface area (Å²) in [5.74, 6) is -0.650. The van der Waals surface area contributed by atoms with Crippen LogP contribution in [-0.4, -0.2) is 69.8 Å². The van der Waals surface area contributed by atoms with Gasteiger partial charge in [-0.2, -0.15) is 0 Å². The number of aliphatic hydroxyl groups is 1. The number of hydrogen-bond donors (Lipinski definition) is 5. The first-order valence-electron chi connectivity index (χ1n) is 17.5. The number of nitrogens with one attached hydrogen (secondary N) is 3. The molecule has 0 radical (unpaired) electrons. The summed E-state index contributed by atoms with van der Waals surface area (Å²) in [6.07, 6.45) is 1.71. The number of nitrogens with zero attached hydrogens (tertiary/aromatic N) is 3. The third-order valence-electron chi connectivity index (χ3n) is 8.64. The van der Waals surface area contributed by atoms with Crippen LogP contribution in [0.15, 0.2) is 77.8 Å². The van der Waals surface area contributed by atoms with E-state index in [4.69, 9.17) is 10.5 Å². The summed E-state index contributed by atoms with van der Waals surface area (Å²) in [5, 5.41) is 23.3. The SMILES string of the molecule is CC(C)c1nc(CN(C)C(=O)N[C@H](C(=O)NC(N)(c2ccccc2)C(NC(=O)OCCc2cncs2)C(O)CCCc2ccccc2)C(C)C)cs1. The third-order valence-corrected chi connectivity index (χ3v) is 10.7. The molecule has 0 saturated heterocycles. The lowest BCUT2D eigenvalue weighted by molar-refractivity contribution is -0.127. The van der Waals surface area contributed by atoms with Crippen LogP contribution in [-0.2, 0) is 34.6 Å². The third kappa shape index (κ3) is 11.6. The highest BCUT2D eigenvalue weighted by atomic mass is 32.1. The number of aliphatic hydroxyl groups excluding tert-OH is 1. The Kier molecular flexibility index (Phi) is 15.1. The lowest BCUT2D eigenvalue weighted by atomic mass is 9.85. The number of carbonyl (C=O) groups is 3. The highest BCUT2D eigenvalue weighted by Gasteiger charge is 2.45. The maximum atomic E-state index is 14.2. The van der Waals surface area contributed by atoms with E-state index in [2.05, 4.69) is 39.8 Å². The molecule has 2 aromatic heterocycles. The summed E-state index contributed by atoms with van der Waals surface area (Å²) < 4.78 is 5.52. The number of thiazole rings is 2. The molecule has 3 unspecified atom stereocenters. The first kappa shape index (κ1) is 40.4. The fraction of sp³-hybridized carbons (Fsp3) is 0.447. The van der Waals surface area contributed by atoms with Crippen molar-refractivity contribution in [3.05, 3.63) is 104 Å². The first-order valence-corrected chi connectivity index (χ1v) is 19.3. The minimum absolute atomic E-state index is 0.0781. The van der Waals surface area contributed by atoms with E-state index in [1.54, 1.807) is 60.4 Å². The maximum absolute atomic E-state index is 14.2. The topological polar surface area (TPSA) is 172 Å². The van der Waals surface area contributed by atoms with Gasteiger partial charge in [-0.15, -0.1) is 22.7 Å². The molecule has 0 bridgehead atoms. The number of aromatic nitrogens is 2. The van der Waals surface area contributed by atoms with Crippen molar-refractivity contribution in [3.8, 4) is 0 Å². The Labute approximate surface area is 314 Å². The standard InChI is InChI=1S/C38H51N7O5S2/c1-25(2)32(42-36(48)45(5)22-29-23-51-35(41-29)26(3)4)34(47)44-38(39,28-16-10-7-11-17-28)33(31(46)18-12-15-27-13-8-6-9-14-27)43-37(49)50-20-19-30-21-40-24-52-30/h6-11,13-14,16-17,21,23-26,31-33,46H,12,15,18-20,22,39H2,1-5H3,(H,42,48)(H,43,49)(H,44,47)/t31?,32-,33?,38?/m0/s1. The highest BCUT2D eigenvalue weighted by Crippen LogP contribution is 2.26. The average Bonchev–Trinajstić information content (AvgIpc) is 3.83. The van der Waals surface area contributed by atoms with Gasteiger partial charge in [-0.05, 0) is 36.3 Å². The minimum atomic E-state index is -1.82. The van der Waals surface area contributed by atoms with Crippen LogP contribution in [0.5, 0.6) is 0 Å². The molecule has 4 aromatic rings. The molecule has 4 amide bonds. The van der Waals surface area contributed by atoms with Crippen LogP contribution in [0.2, 0.25) is 0 Å². The van der Waals surface area contributed by atoms with Gasteiger partial charge < -0.3 is 36.4 Å². The van der Waals surface area contributed by atoms with Crippen molar-refractivity contribution in [1.29, 1.82) is 0 Å². The normalized spacial score (nSPS) is 14.2. The molecule has 0 saturated carbocycles. The van der Waals surface area contributed by atoms with E-state index in [1.807, 2.05) is 49.6 Å². The van der Waals surface area contributed by atoms with E-state index in [1.165, 1.54) is 16.2 Å². The fourth-order valence-electron chi connectivity index (χ4n) is 5.70. The summed E-state index contributed by atoms with van der Waals surface area (Å²) in [7, 11) is 1.64. The van der Waals surface area contributed by atoms with Crippen LogP contribution >= 0.6 is 22.7 Å². The van der Waals surface area contributed by atoms with E-state index in [-0.39, 0.29) is 31.4 Å². The number of nitrogens with two attached hydrogens (primary N) is 1. The summed E-state index contributed by atoms with van der Waals surface area (Å²) in [6.45, 7) is 8.10. The Morgan fingerprint density at radius 2 is 1.67 bits per heavy atom. The lowest BCUT2D eigenvalue weighted by Gasteiger charge is -2.42. The summed E-state index contributed by atoms with van der Waals surface area (Å²) in [5.41, 5.74) is 9.35. The van der Waals surface area contributed by atoms with Crippen LogP contribution < -0.4 is 21.7 Å². The molecule has 0 aliphatic carbocycles. The second-order valence-electron chi connectivity index (χ2n) is 13.5. The van der Waals surface area contributed by atoms with Gasteiger partial charge in [0.15, 0.2) is 0 Å². The average molecular weight is 750 g/mol. The Morgan fingerprint density at radius 3 is 2.29 bits per heavy atom. The number of aryl methyl sites for hydroxylation is 1. The van der Waals surface area contributed by atoms with E-state index in [0.29, 0.717) is 24.8 Å². The number of ether oxygens (including phenoxy) is 1. The Bertz CT molecular complexity index is 1690. The largest absolute Gasteiger partial charge is 0.449 e. The zero-order valence-electron chi connectivity index (χ0n) is 30.5. The van der Waals surface area contributed by atoms with Crippen molar-refractivity contribution < 1.29 is 24.2 Å². The molecule has 2 aromatic carbocycles. The highest BCUT2D eigenvalue weighted by molar-refractivity contribution is 7.09. The number of benzene rings is 2. The van der Waals surface area contributed by atoms with Crippen LogP contribution in [0.4, 0.5) is 9.59 Å². The Balaban J connectivity index is 1.56. The van der Waals surface area contributed by atoms with E-state index in [9.17, 15) is 19.5 Å². The van der Waals surface area contributed by atoms with Crippen molar-refractivity contribution >= 4 is 40.7 Å². The van der Waals surface area contributed by atoms with E-state index in [0.717, 1.165) is 21.1 Å². The first-order chi connectivity index (χ1) is 24.9. The molecule has 52 heavy (non-hydrogen) atoms. The van der Waals surface area contributed by atoms with Gasteiger partial charge in [-0.3, -0.25) is 9.78 Å². The Hall–Kier alpha value is -4.37. The lowest BCUT2D eigenvalue weighted by Crippen LogP contribution is -2.71. The zero-order chi connectivity index (χ0) is 37.7. The van der Waals surface area contributed by atoms with Crippen molar-refractivity contribution in [2.24, 2.45) is 11.7 Å². The molecule has 6 N–H and O–H groups in total. The van der Waals surface area contributed by atoms with E-state index < -0.39 is 41.9 Å². The molecule has 12 nitrogen and oxygen atoms in total. The molecule has 4 rings (SSSR count). The van der Waals surface area contributed by atoms with Crippen LogP contribution in [0.3, 0.4) is 0 Å². The quantitative estimate of drug-likeness (QED) is 0.0826. The molecule has 280 valence electrons. The second-order valence-corrected chi connectivity index (χ2v) is 15.4. The number of amides is 4. The molecular formula is C38H51N7O5S2. The predicted molar refractivity (Wildman–Crippen MR) is 205 cm³/mol. The number of rotatable bonds is 18. The van der Waals surface area contributed by atoms with Gasteiger partial charge in [-0.25, -0.2) is 14.6 Å². The summed E-state index contributed by atoms with van der Waals surface area (Å²) >= 11 is 3.00. The van der Waals surface area contributed by atoms with Crippen molar-refractivity contribution in [1.82, 2.24) is 30.8 Å². The van der Waals surface area contributed by atoms with Gasteiger partial charge >= 0.3 is 12.1 Å². The van der Waals surface area contributed by atoms with Gasteiger partial charge in [0.05, 0.1) is 41.5 Å². The van der Waals surface area contributed by atoms with Crippen molar-refractivity contribution in [3.63, 3.8) is 0 Å². The zero-order valence-corrected chi connectivity index (χ0v) is 32.1. The van der Waals surface area contributed by atoms with Gasteiger partial charge in [-0.1, -0.05) is 88.4 Å². The fourth-order valence-corrected chi connectivity index (χ4v) is 7.10. The molecule has 2 heterocycles. The minimum Gasteiger partial charge on any atom is -0.449 e. The summed E-state index contributed by atoms with van der Waals surface area (Å²) in [6, 6.07) is 15.9. The van der Waals surface area contributed by atoms with Crippen LogP contribution in [0.1, 0.15) is 73.2 Å². The number of alkyl carbamates (subject to hydrolysis) is 1. The van der Waals surface area contributed by atoms with Gasteiger partial charge in [0.1, 0.15) is 11.7 Å². The number of urea groups is 1. The predicted octanol–water partition coefficient (Wildman–Crippen LogP) is 5.54. The van der Waals surface area contributed by atoms with Gasteiger partial charge in [0, 0.05) is 35.8 Å². The molecule has 4 atom stereocenters. The molecule has 0 spiro atoms. The molecule has 14 heteroatoms. The van der Waals surface area contributed by atoms with Crippen LogP contribution in [0.25, 0.3) is 0 Å². The molecule has 0 aliphatic heterocycles. The van der Waals surface area contributed by atoms with Crippen molar-refractivity contribution in [2.45, 2.75) is 89.7 Å². The van der Waals surface area contributed by atoms with Crippen molar-refractivity contribution in [2.75, 3.05) is 13.7 Å². The van der Waals surface area contributed by atoms with E-state index >= 15 is 0 Å². The molecule has 0 fully saturated rings. The maximum Gasteiger partial charge on any atom is 0.407 e. The number of carbonyl (C=O) groups excluding carboxylic acids is 3.